The molecule has 3 nitrogen and oxygen atoms in total. The Morgan fingerprint density at radius 2 is 1.89 bits per heavy atom. The van der Waals surface area contributed by atoms with Crippen molar-refractivity contribution in [1.29, 1.82) is 0 Å². The molecular weight excluding hydrogens is 226 g/mol. The third-order valence-corrected chi connectivity index (χ3v) is 3.17. The maximum absolute atomic E-state index is 11.7. The number of benzene rings is 1. The molecule has 0 amide bonds. The highest BCUT2D eigenvalue weighted by Gasteiger charge is 2.12. The summed E-state index contributed by atoms with van der Waals surface area (Å²) in [5, 5.41) is 0. The molecule has 0 aliphatic heterocycles. The molecule has 1 rings (SSSR count). The monoisotopic (exact) mass is 249 g/mol. The van der Waals surface area contributed by atoms with E-state index in [4.69, 9.17) is 10.5 Å². The molecule has 1 aromatic carbocycles. The molecular formula is C15H23NO2. The minimum atomic E-state index is -0.0200. The van der Waals surface area contributed by atoms with Gasteiger partial charge in [0.15, 0.2) is 0 Å². The fourth-order valence-electron chi connectivity index (χ4n) is 1.68. The summed E-state index contributed by atoms with van der Waals surface area (Å²) < 4.78 is 5.09. The smallest absolute Gasteiger partial charge is 0.134 e. The van der Waals surface area contributed by atoms with Crippen LogP contribution < -0.4 is 10.5 Å². The van der Waals surface area contributed by atoms with Crippen molar-refractivity contribution >= 4 is 5.78 Å². The van der Waals surface area contributed by atoms with Gasteiger partial charge < -0.3 is 10.5 Å². The molecule has 3 heteroatoms. The van der Waals surface area contributed by atoms with Gasteiger partial charge in [-0.25, -0.2) is 0 Å². The Morgan fingerprint density at radius 3 is 2.39 bits per heavy atom. The number of Topliss-reactive ketones (excluding diaryl/α,β-unsaturated/α-hetero) is 1. The number of hydrogen-bond donors (Lipinski definition) is 1. The Labute approximate surface area is 109 Å². The number of carbonyl (C=O) groups excluding carboxylic acids is 1. The zero-order chi connectivity index (χ0) is 13.5. The second-order valence-electron chi connectivity index (χ2n) is 5.00. The number of methoxy groups -OCH3 is 1. The summed E-state index contributed by atoms with van der Waals surface area (Å²) in [5.74, 6) is 1.44. The van der Waals surface area contributed by atoms with Crippen LogP contribution in [-0.4, -0.2) is 18.9 Å². The van der Waals surface area contributed by atoms with Gasteiger partial charge in [-0.1, -0.05) is 26.0 Å². The zero-order valence-electron chi connectivity index (χ0n) is 11.5. The topological polar surface area (TPSA) is 52.3 Å². The number of ketones is 1. The van der Waals surface area contributed by atoms with Crippen molar-refractivity contribution < 1.29 is 9.53 Å². The third kappa shape index (κ3) is 4.88. The predicted octanol–water partition coefficient (Wildman–Crippen LogP) is 2.57. The molecule has 0 fully saturated rings. The van der Waals surface area contributed by atoms with Crippen molar-refractivity contribution in [3.63, 3.8) is 0 Å². The molecule has 100 valence electrons. The first-order valence-corrected chi connectivity index (χ1v) is 6.43. The molecule has 0 saturated heterocycles. The van der Waals surface area contributed by atoms with E-state index in [-0.39, 0.29) is 11.8 Å². The molecule has 0 heterocycles. The van der Waals surface area contributed by atoms with E-state index in [1.54, 1.807) is 7.11 Å². The van der Waals surface area contributed by atoms with Crippen molar-refractivity contribution in [2.75, 3.05) is 7.11 Å². The van der Waals surface area contributed by atoms with Crippen LogP contribution in [0.15, 0.2) is 24.3 Å². The van der Waals surface area contributed by atoms with E-state index in [2.05, 4.69) is 0 Å². The Bertz CT molecular complexity index is 371. The molecule has 0 saturated carbocycles. The fraction of sp³-hybridized carbons (Fsp3) is 0.533. The minimum absolute atomic E-state index is 0.0200. The number of nitrogens with two attached hydrogens (primary N) is 1. The van der Waals surface area contributed by atoms with Gasteiger partial charge in [0.1, 0.15) is 11.5 Å². The van der Waals surface area contributed by atoms with Gasteiger partial charge in [-0.05, 0) is 30.0 Å². The summed E-state index contributed by atoms with van der Waals surface area (Å²) in [6.45, 7) is 4.09. The van der Waals surface area contributed by atoms with Gasteiger partial charge in [0.2, 0.25) is 0 Å². The SMILES string of the molecule is COc1ccc(CCC(=O)CC(N)C(C)C)cc1. The Kier molecular flexibility index (Phi) is 5.86. The second kappa shape index (κ2) is 7.17. The lowest BCUT2D eigenvalue weighted by molar-refractivity contribution is -0.119. The van der Waals surface area contributed by atoms with E-state index >= 15 is 0 Å². The normalized spacial score (nSPS) is 12.5. The predicted molar refractivity (Wildman–Crippen MR) is 73.8 cm³/mol. The van der Waals surface area contributed by atoms with Gasteiger partial charge >= 0.3 is 0 Å². The summed E-state index contributed by atoms with van der Waals surface area (Å²) in [5.41, 5.74) is 7.04. The van der Waals surface area contributed by atoms with Crippen LogP contribution in [0, 0.1) is 5.92 Å². The first-order chi connectivity index (χ1) is 8.52. The number of aryl methyl sites for hydroxylation is 1. The Balaban J connectivity index is 2.37. The average molecular weight is 249 g/mol. The maximum atomic E-state index is 11.7. The van der Waals surface area contributed by atoms with Crippen LogP contribution in [0.2, 0.25) is 0 Å². The third-order valence-electron chi connectivity index (χ3n) is 3.17. The van der Waals surface area contributed by atoms with E-state index in [1.165, 1.54) is 0 Å². The van der Waals surface area contributed by atoms with Crippen LogP contribution in [0.5, 0.6) is 5.75 Å². The first kappa shape index (κ1) is 14.7. The van der Waals surface area contributed by atoms with Gasteiger partial charge in [0.25, 0.3) is 0 Å². The molecule has 1 unspecified atom stereocenters. The van der Waals surface area contributed by atoms with Crippen LogP contribution in [-0.2, 0) is 11.2 Å². The van der Waals surface area contributed by atoms with Gasteiger partial charge in [0, 0.05) is 18.9 Å². The molecule has 1 atom stereocenters. The van der Waals surface area contributed by atoms with Crippen LogP contribution >= 0.6 is 0 Å². The van der Waals surface area contributed by atoms with E-state index in [9.17, 15) is 4.79 Å². The van der Waals surface area contributed by atoms with Gasteiger partial charge in [-0.15, -0.1) is 0 Å². The highest BCUT2D eigenvalue weighted by molar-refractivity contribution is 5.79. The van der Waals surface area contributed by atoms with E-state index < -0.39 is 0 Å². The summed E-state index contributed by atoms with van der Waals surface area (Å²) in [6, 6.07) is 7.80. The summed E-state index contributed by atoms with van der Waals surface area (Å²) in [7, 11) is 1.64. The number of ether oxygens (including phenoxy) is 1. The minimum Gasteiger partial charge on any atom is -0.497 e. The van der Waals surface area contributed by atoms with Crippen LogP contribution in [0.3, 0.4) is 0 Å². The lowest BCUT2D eigenvalue weighted by Gasteiger charge is -2.14. The maximum Gasteiger partial charge on any atom is 0.134 e. The zero-order valence-corrected chi connectivity index (χ0v) is 11.5. The lowest BCUT2D eigenvalue weighted by atomic mass is 9.97. The molecule has 0 radical (unpaired) electrons. The summed E-state index contributed by atoms with van der Waals surface area (Å²) in [4.78, 5) is 11.7. The highest BCUT2D eigenvalue weighted by Crippen LogP contribution is 2.13. The van der Waals surface area contributed by atoms with Crippen LogP contribution in [0.25, 0.3) is 0 Å². The van der Waals surface area contributed by atoms with Gasteiger partial charge in [-0.3, -0.25) is 4.79 Å². The average Bonchev–Trinajstić information content (AvgIpc) is 2.36. The van der Waals surface area contributed by atoms with E-state index in [0.29, 0.717) is 18.8 Å². The molecule has 2 N–H and O–H groups in total. The number of hydrogen-bond acceptors (Lipinski definition) is 3. The van der Waals surface area contributed by atoms with Crippen molar-refractivity contribution in [3.8, 4) is 5.75 Å². The number of carbonyl (C=O) groups is 1. The standard InChI is InChI=1S/C15H23NO2/c1-11(2)15(16)10-13(17)7-4-12-5-8-14(18-3)9-6-12/h5-6,8-9,11,15H,4,7,10,16H2,1-3H3. The van der Waals surface area contributed by atoms with E-state index in [0.717, 1.165) is 17.7 Å². The van der Waals surface area contributed by atoms with Gasteiger partial charge in [0.05, 0.1) is 7.11 Å². The van der Waals surface area contributed by atoms with E-state index in [1.807, 2.05) is 38.1 Å². The Morgan fingerprint density at radius 1 is 1.28 bits per heavy atom. The molecule has 18 heavy (non-hydrogen) atoms. The lowest BCUT2D eigenvalue weighted by Crippen LogP contribution is -2.29. The van der Waals surface area contributed by atoms with Gasteiger partial charge in [-0.2, -0.15) is 0 Å². The highest BCUT2D eigenvalue weighted by atomic mass is 16.5. The van der Waals surface area contributed by atoms with Crippen molar-refractivity contribution in [2.24, 2.45) is 11.7 Å². The van der Waals surface area contributed by atoms with Crippen LogP contribution in [0.1, 0.15) is 32.3 Å². The number of rotatable bonds is 7. The van der Waals surface area contributed by atoms with Crippen molar-refractivity contribution in [3.05, 3.63) is 29.8 Å². The summed E-state index contributed by atoms with van der Waals surface area (Å²) in [6.07, 6.45) is 1.81. The summed E-state index contributed by atoms with van der Waals surface area (Å²) >= 11 is 0. The molecule has 0 aliphatic carbocycles. The molecule has 1 aromatic rings. The second-order valence-corrected chi connectivity index (χ2v) is 5.00. The fourth-order valence-corrected chi connectivity index (χ4v) is 1.68. The molecule has 0 bridgehead atoms. The van der Waals surface area contributed by atoms with Crippen LogP contribution in [0.4, 0.5) is 0 Å². The molecule has 0 spiro atoms. The van der Waals surface area contributed by atoms with Crippen molar-refractivity contribution in [2.45, 2.75) is 39.2 Å². The first-order valence-electron chi connectivity index (χ1n) is 6.43. The largest absolute Gasteiger partial charge is 0.497 e. The molecule has 0 aliphatic rings. The Hall–Kier alpha value is -1.35. The quantitative estimate of drug-likeness (QED) is 0.808. The molecule has 0 aromatic heterocycles. The van der Waals surface area contributed by atoms with Crippen molar-refractivity contribution in [1.82, 2.24) is 0 Å².